The third-order valence-corrected chi connectivity index (χ3v) is 4.72. The van der Waals surface area contributed by atoms with Gasteiger partial charge in [-0.1, -0.05) is 26.8 Å². The zero-order chi connectivity index (χ0) is 18.5. The molecular formula is C16H17F3N4OS. The van der Waals surface area contributed by atoms with Crippen molar-refractivity contribution in [1.29, 1.82) is 0 Å². The molecule has 3 rings (SSSR count). The number of anilines is 1. The molecule has 0 radical (unpaired) electrons. The summed E-state index contributed by atoms with van der Waals surface area (Å²) in [6.45, 7) is 5.27. The molecule has 0 saturated heterocycles. The summed E-state index contributed by atoms with van der Waals surface area (Å²) in [6, 6.07) is 5.21. The molecule has 1 N–H and O–H groups in total. The van der Waals surface area contributed by atoms with Gasteiger partial charge >= 0.3 is 6.18 Å². The van der Waals surface area contributed by atoms with Crippen molar-refractivity contribution in [3.8, 4) is 11.4 Å². The lowest BCUT2D eigenvalue weighted by Gasteiger charge is -2.32. The van der Waals surface area contributed by atoms with Crippen LogP contribution >= 0.6 is 11.3 Å². The Bertz CT molecular complexity index is 798. The van der Waals surface area contributed by atoms with Gasteiger partial charge in [0.2, 0.25) is 5.13 Å². The van der Waals surface area contributed by atoms with Gasteiger partial charge in [0, 0.05) is 29.1 Å². The molecule has 0 aliphatic carbocycles. The van der Waals surface area contributed by atoms with Crippen molar-refractivity contribution >= 4 is 22.2 Å². The van der Waals surface area contributed by atoms with Crippen LogP contribution in [-0.4, -0.2) is 32.7 Å². The molecule has 0 aromatic carbocycles. The highest BCUT2D eigenvalue weighted by molar-refractivity contribution is 7.14. The number of halogens is 3. The van der Waals surface area contributed by atoms with Gasteiger partial charge in [0.1, 0.15) is 5.69 Å². The summed E-state index contributed by atoms with van der Waals surface area (Å²) in [4.78, 5) is 8.34. The highest BCUT2D eigenvalue weighted by atomic mass is 32.1. The number of pyridine rings is 1. The Morgan fingerprint density at radius 3 is 2.48 bits per heavy atom. The minimum atomic E-state index is -4.87. The zero-order valence-electron chi connectivity index (χ0n) is 13.9. The molecule has 0 fully saturated rings. The van der Waals surface area contributed by atoms with Crippen LogP contribution in [0.15, 0.2) is 34.9 Å². The molecule has 3 heterocycles. The Balaban J connectivity index is 2.03. The fraction of sp³-hybridized carbons (Fsp3) is 0.438. The topological polar surface area (TPSA) is 61.6 Å². The second-order valence-corrected chi connectivity index (χ2v) is 7.67. The predicted molar refractivity (Wildman–Crippen MR) is 90.3 cm³/mol. The number of aromatic nitrogens is 2. The van der Waals surface area contributed by atoms with Crippen molar-refractivity contribution in [3.63, 3.8) is 0 Å². The normalized spacial score (nSPS) is 21.6. The molecule has 134 valence electrons. The zero-order valence-corrected chi connectivity index (χ0v) is 14.7. The van der Waals surface area contributed by atoms with Crippen LogP contribution in [0.3, 0.4) is 0 Å². The minimum absolute atomic E-state index is 0.0280. The summed E-state index contributed by atoms with van der Waals surface area (Å²) in [5.41, 5.74) is -2.46. The van der Waals surface area contributed by atoms with Crippen molar-refractivity contribution < 1.29 is 18.3 Å². The maximum atomic E-state index is 13.6. The molecule has 0 spiro atoms. The number of alkyl halides is 3. The molecule has 0 bridgehead atoms. The molecule has 0 saturated carbocycles. The number of thiazole rings is 1. The van der Waals surface area contributed by atoms with Crippen LogP contribution in [0.4, 0.5) is 18.3 Å². The van der Waals surface area contributed by atoms with Gasteiger partial charge in [-0.3, -0.25) is 4.98 Å². The fourth-order valence-corrected chi connectivity index (χ4v) is 3.21. The largest absolute Gasteiger partial charge is 0.438 e. The Labute approximate surface area is 146 Å². The van der Waals surface area contributed by atoms with Gasteiger partial charge in [0.15, 0.2) is 0 Å². The van der Waals surface area contributed by atoms with Crippen molar-refractivity contribution in [2.75, 3.05) is 5.01 Å². The SMILES string of the molecule is CC(C)(C)C1=NN(c2nc(-c3ccccn3)cs2)[C@](O)(C(F)(F)F)C1. The standard InChI is InChI=1S/C16H17F3N4OS/c1-14(2,3)12-8-15(24,16(17,18)19)23(22-12)13-21-11(9-25-13)10-6-4-5-7-20-10/h4-7,9,24H,8H2,1-3H3/t15-/m1/s1. The first-order valence-corrected chi connectivity index (χ1v) is 8.44. The number of nitrogens with zero attached hydrogens (tertiary/aromatic N) is 4. The summed E-state index contributed by atoms with van der Waals surface area (Å²) in [7, 11) is 0. The molecule has 2 aromatic heterocycles. The molecule has 1 aliphatic heterocycles. The van der Waals surface area contributed by atoms with Crippen LogP contribution in [-0.2, 0) is 0 Å². The van der Waals surface area contributed by atoms with Crippen molar-refractivity contribution in [2.45, 2.75) is 39.1 Å². The Hall–Kier alpha value is -2.00. The van der Waals surface area contributed by atoms with E-state index >= 15 is 0 Å². The van der Waals surface area contributed by atoms with Gasteiger partial charge in [-0.05, 0) is 12.1 Å². The van der Waals surface area contributed by atoms with Crippen LogP contribution in [0.25, 0.3) is 11.4 Å². The summed E-state index contributed by atoms with van der Waals surface area (Å²) >= 11 is 0.980. The van der Waals surface area contributed by atoms with Gasteiger partial charge in [-0.2, -0.15) is 23.3 Å². The number of aliphatic hydroxyl groups is 1. The van der Waals surface area contributed by atoms with E-state index in [-0.39, 0.29) is 10.8 Å². The first-order chi connectivity index (χ1) is 11.5. The number of hydrogen-bond donors (Lipinski definition) is 1. The summed E-state index contributed by atoms with van der Waals surface area (Å²) in [5, 5.41) is 16.6. The molecule has 0 unspecified atom stereocenters. The van der Waals surface area contributed by atoms with E-state index in [1.54, 1.807) is 50.5 Å². The van der Waals surface area contributed by atoms with Gasteiger partial charge in [0.25, 0.3) is 5.72 Å². The molecule has 1 aliphatic rings. The first kappa shape index (κ1) is 17.8. The van der Waals surface area contributed by atoms with E-state index in [4.69, 9.17) is 0 Å². The van der Waals surface area contributed by atoms with E-state index < -0.39 is 23.7 Å². The van der Waals surface area contributed by atoms with Crippen LogP contribution < -0.4 is 5.01 Å². The Kier molecular flexibility index (Phi) is 4.11. The average Bonchev–Trinajstić information content (AvgIpc) is 3.12. The van der Waals surface area contributed by atoms with E-state index in [2.05, 4.69) is 15.1 Å². The third kappa shape index (κ3) is 3.13. The van der Waals surface area contributed by atoms with Crippen LogP contribution in [0.2, 0.25) is 0 Å². The maximum Gasteiger partial charge on any atom is 0.438 e. The summed E-state index contributed by atoms with van der Waals surface area (Å²) in [5.74, 6) is 0. The van der Waals surface area contributed by atoms with E-state index in [0.717, 1.165) is 11.3 Å². The highest BCUT2D eigenvalue weighted by Gasteiger charge is 2.63. The lowest BCUT2D eigenvalue weighted by atomic mass is 9.86. The molecule has 2 aromatic rings. The van der Waals surface area contributed by atoms with Crippen LogP contribution in [0, 0.1) is 5.41 Å². The molecule has 1 atom stereocenters. The molecule has 25 heavy (non-hydrogen) atoms. The third-order valence-electron chi connectivity index (χ3n) is 3.91. The second-order valence-electron chi connectivity index (χ2n) is 6.83. The Morgan fingerprint density at radius 1 is 1.20 bits per heavy atom. The van der Waals surface area contributed by atoms with Gasteiger partial charge < -0.3 is 5.11 Å². The lowest BCUT2D eigenvalue weighted by molar-refractivity contribution is -0.254. The Morgan fingerprint density at radius 2 is 1.92 bits per heavy atom. The summed E-state index contributed by atoms with van der Waals surface area (Å²) < 4.78 is 40.7. The van der Waals surface area contributed by atoms with E-state index in [1.807, 2.05) is 0 Å². The van der Waals surface area contributed by atoms with Crippen molar-refractivity contribution in [3.05, 3.63) is 29.8 Å². The predicted octanol–water partition coefficient (Wildman–Crippen LogP) is 4.07. The van der Waals surface area contributed by atoms with E-state index in [1.165, 1.54) is 0 Å². The number of rotatable bonds is 2. The van der Waals surface area contributed by atoms with Crippen molar-refractivity contribution in [2.24, 2.45) is 10.5 Å². The van der Waals surface area contributed by atoms with Crippen molar-refractivity contribution in [1.82, 2.24) is 9.97 Å². The number of hydrogen-bond acceptors (Lipinski definition) is 6. The minimum Gasteiger partial charge on any atom is -0.362 e. The van der Waals surface area contributed by atoms with Crippen LogP contribution in [0.1, 0.15) is 27.2 Å². The molecule has 9 heteroatoms. The lowest BCUT2D eigenvalue weighted by Crippen LogP contribution is -2.55. The maximum absolute atomic E-state index is 13.6. The second kappa shape index (κ2) is 5.77. The van der Waals surface area contributed by atoms with Gasteiger partial charge in [0.05, 0.1) is 5.69 Å². The highest BCUT2D eigenvalue weighted by Crippen LogP contribution is 2.46. The number of hydrazone groups is 1. The smallest absolute Gasteiger partial charge is 0.362 e. The quantitative estimate of drug-likeness (QED) is 0.866. The van der Waals surface area contributed by atoms with Crippen LogP contribution in [0.5, 0.6) is 0 Å². The monoisotopic (exact) mass is 370 g/mol. The van der Waals surface area contributed by atoms with E-state index in [0.29, 0.717) is 16.4 Å². The molecule has 0 amide bonds. The van der Waals surface area contributed by atoms with Gasteiger partial charge in [-0.15, -0.1) is 11.3 Å². The summed E-state index contributed by atoms with van der Waals surface area (Å²) in [6.07, 6.45) is -3.91. The van der Waals surface area contributed by atoms with E-state index in [9.17, 15) is 18.3 Å². The molecular weight excluding hydrogens is 353 g/mol. The first-order valence-electron chi connectivity index (χ1n) is 7.56. The van der Waals surface area contributed by atoms with Gasteiger partial charge in [-0.25, -0.2) is 4.98 Å². The average molecular weight is 370 g/mol. The molecule has 5 nitrogen and oxygen atoms in total. The fourth-order valence-electron chi connectivity index (χ4n) is 2.38.